The first-order valence-corrected chi connectivity index (χ1v) is 11.8. The van der Waals surface area contributed by atoms with Crippen LogP contribution in [0.4, 0.5) is 4.39 Å². The van der Waals surface area contributed by atoms with Gasteiger partial charge in [0.05, 0.1) is 5.56 Å². The molecule has 0 aliphatic heterocycles. The van der Waals surface area contributed by atoms with Crippen LogP contribution in [0.5, 0.6) is 0 Å². The summed E-state index contributed by atoms with van der Waals surface area (Å²) in [5.74, 6) is 1.50. The number of hydrogen-bond acceptors (Lipinski definition) is 3. The molecule has 1 heterocycles. The fourth-order valence-corrected chi connectivity index (χ4v) is 4.79. The van der Waals surface area contributed by atoms with Gasteiger partial charge >= 0.3 is 0 Å². The Labute approximate surface area is 190 Å². The van der Waals surface area contributed by atoms with Gasteiger partial charge in [0, 0.05) is 23.5 Å². The highest BCUT2D eigenvalue weighted by atomic mass is 19.1. The molecule has 0 saturated heterocycles. The van der Waals surface area contributed by atoms with Crippen LogP contribution in [0.3, 0.4) is 0 Å². The van der Waals surface area contributed by atoms with E-state index in [9.17, 15) is 4.39 Å². The highest BCUT2D eigenvalue weighted by molar-refractivity contribution is 5.64. The van der Waals surface area contributed by atoms with E-state index in [-0.39, 0.29) is 5.56 Å². The molecular formula is C28H30FN3. The Morgan fingerprint density at radius 3 is 2.22 bits per heavy atom. The molecule has 4 heteroatoms. The zero-order valence-corrected chi connectivity index (χ0v) is 18.7. The monoisotopic (exact) mass is 427 g/mol. The predicted octanol–water partition coefficient (Wildman–Crippen LogP) is 7.68. The molecule has 0 radical (unpaired) electrons. The minimum atomic E-state index is -0.553. The minimum absolute atomic E-state index is 0.0236. The van der Waals surface area contributed by atoms with Crippen molar-refractivity contribution in [1.82, 2.24) is 9.97 Å². The van der Waals surface area contributed by atoms with Gasteiger partial charge in [-0.05, 0) is 66.8 Å². The maximum absolute atomic E-state index is 13.9. The molecule has 1 aliphatic rings. The second kappa shape index (κ2) is 10.5. The van der Waals surface area contributed by atoms with Crippen LogP contribution in [0, 0.1) is 23.1 Å². The molecule has 3 nitrogen and oxygen atoms in total. The molecule has 0 unspecified atom stereocenters. The third-order valence-electron chi connectivity index (χ3n) is 6.78. The molecule has 4 rings (SSSR count). The normalized spacial score (nSPS) is 18.3. The summed E-state index contributed by atoms with van der Waals surface area (Å²) >= 11 is 0. The van der Waals surface area contributed by atoms with Crippen molar-refractivity contribution in [3.8, 4) is 28.6 Å². The molecule has 0 bridgehead atoms. The fourth-order valence-electron chi connectivity index (χ4n) is 4.79. The van der Waals surface area contributed by atoms with Crippen molar-refractivity contribution in [2.24, 2.45) is 5.92 Å². The summed E-state index contributed by atoms with van der Waals surface area (Å²) in [7, 11) is 0. The first-order chi connectivity index (χ1) is 15.7. The predicted molar refractivity (Wildman–Crippen MR) is 126 cm³/mol. The number of unbranched alkanes of at least 4 members (excludes halogenated alkanes) is 2. The summed E-state index contributed by atoms with van der Waals surface area (Å²) in [5, 5.41) is 8.88. The van der Waals surface area contributed by atoms with E-state index in [1.807, 2.05) is 6.07 Å². The first kappa shape index (κ1) is 22.1. The van der Waals surface area contributed by atoms with Gasteiger partial charge in [-0.3, -0.25) is 0 Å². The lowest BCUT2D eigenvalue weighted by atomic mass is 9.77. The lowest BCUT2D eigenvalue weighted by Crippen LogP contribution is -2.13. The molecular weight excluding hydrogens is 397 g/mol. The highest BCUT2D eigenvalue weighted by Crippen LogP contribution is 2.38. The Kier molecular flexibility index (Phi) is 7.27. The average molecular weight is 428 g/mol. The maximum atomic E-state index is 13.9. The second-order valence-electron chi connectivity index (χ2n) is 8.94. The second-order valence-corrected chi connectivity index (χ2v) is 8.94. The van der Waals surface area contributed by atoms with Gasteiger partial charge in [-0.2, -0.15) is 5.26 Å². The molecule has 164 valence electrons. The van der Waals surface area contributed by atoms with Crippen molar-refractivity contribution < 1.29 is 4.39 Å². The zero-order chi connectivity index (χ0) is 22.3. The van der Waals surface area contributed by atoms with Crippen molar-refractivity contribution >= 4 is 0 Å². The molecule has 3 aromatic rings. The van der Waals surface area contributed by atoms with E-state index in [0.717, 1.165) is 17.0 Å². The zero-order valence-electron chi connectivity index (χ0n) is 18.7. The highest BCUT2D eigenvalue weighted by Gasteiger charge is 2.22. The quantitative estimate of drug-likeness (QED) is 0.363. The van der Waals surface area contributed by atoms with E-state index in [0.29, 0.717) is 17.3 Å². The summed E-state index contributed by atoms with van der Waals surface area (Å²) in [6, 6.07) is 15.1. The number of benzene rings is 2. The largest absolute Gasteiger partial charge is 0.236 e. The van der Waals surface area contributed by atoms with E-state index < -0.39 is 5.82 Å². The Balaban J connectivity index is 1.38. The molecule has 0 spiro atoms. The standard InChI is InChI=1S/C28H30FN3/c1-2-3-4-5-20-6-8-21(9-7-20)22-10-12-23(13-11-22)26-18-31-28(32-19-26)24-14-15-25(17-30)27(29)16-24/h10-16,18-21H,2-9H2,1H3. The molecule has 1 aromatic heterocycles. The molecule has 1 saturated carbocycles. The van der Waals surface area contributed by atoms with Crippen LogP contribution in [0.15, 0.2) is 54.9 Å². The van der Waals surface area contributed by atoms with Crippen LogP contribution in [-0.4, -0.2) is 9.97 Å². The Morgan fingerprint density at radius 1 is 0.906 bits per heavy atom. The molecule has 0 N–H and O–H groups in total. The van der Waals surface area contributed by atoms with Crippen molar-refractivity contribution in [3.05, 3.63) is 71.8 Å². The summed E-state index contributed by atoms with van der Waals surface area (Å²) in [6.45, 7) is 2.28. The number of halogens is 1. The minimum Gasteiger partial charge on any atom is -0.236 e. The van der Waals surface area contributed by atoms with Gasteiger partial charge < -0.3 is 0 Å². The fraction of sp³-hybridized carbons (Fsp3) is 0.393. The lowest BCUT2D eigenvalue weighted by molar-refractivity contribution is 0.303. The van der Waals surface area contributed by atoms with Gasteiger partial charge in [0.1, 0.15) is 11.9 Å². The lowest BCUT2D eigenvalue weighted by Gasteiger charge is -2.29. The molecule has 0 atom stereocenters. The van der Waals surface area contributed by atoms with Crippen LogP contribution in [0.25, 0.3) is 22.5 Å². The van der Waals surface area contributed by atoms with Crippen LogP contribution < -0.4 is 0 Å². The topological polar surface area (TPSA) is 49.6 Å². The van der Waals surface area contributed by atoms with Gasteiger partial charge in [-0.1, -0.05) is 56.9 Å². The maximum Gasteiger partial charge on any atom is 0.159 e. The van der Waals surface area contributed by atoms with Crippen LogP contribution in [-0.2, 0) is 0 Å². The molecule has 1 aliphatic carbocycles. The summed E-state index contributed by atoms with van der Waals surface area (Å²) in [5.41, 5.74) is 4.05. The average Bonchev–Trinajstić information content (AvgIpc) is 2.85. The third kappa shape index (κ3) is 5.22. The van der Waals surface area contributed by atoms with Crippen molar-refractivity contribution in [1.29, 1.82) is 5.26 Å². The Morgan fingerprint density at radius 2 is 1.59 bits per heavy atom. The Bertz CT molecular complexity index is 1060. The van der Waals surface area contributed by atoms with Crippen molar-refractivity contribution in [2.75, 3.05) is 0 Å². The number of rotatable bonds is 7. The SMILES string of the molecule is CCCCCC1CCC(c2ccc(-c3cnc(-c4ccc(C#N)c(F)c4)nc3)cc2)CC1. The number of aromatic nitrogens is 2. The third-order valence-corrected chi connectivity index (χ3v) is 6.78. The number of nitrogens with zero attached hydrogens (tertiary/aromatic N) is 3. The smallest absolute Gasteiger partial charge is 0.159 e. The van der Waals surface area contributed by atoms with E-state index in [1.54, 1.807) is 18.5 Å². The van der Waals surface area contributed by atoms with Crippen LogP contribution >= 0.6 is 0 Å². The Hall–Kier alpha value is -3.06. The molecule has 32 heavy (non-hydrogen) atoms. The number of nitriles is 1. The molecule has 1 fully saturated rings. The number of hydrogen-bond donors (Lipinski definition) is 0. The van der Waals surface area contributed by atoms with E-state index in [4.69, 9.17) is 5.26 Å². The van der Waals surface area contributed by atoms with Crippen LogP contribution in [0.2, 0.25) is 0 Å². The van der Waals surface area contributed by atoms with Gasteiger partial charge in [0.2, 0.25) is 0 Å². The van der Waals surface area contributed by atoms with Crippen LogP contribution in [0.1, 0.15) is 75.3 Å². The summed E-state index contributed by atoms with van der Waals surface area (Å²) in [4.78, 5) is 8.82. The van der Waals surface area contributed by atoms with E-state index in [2.05, 4.69) is 41.2 Å². The van der Waals surface area contributed by atoms with E-state index >= 15 is 0 Å². The van der Waals surface area contributed by atoms with Gasteiger partial charge in [-0.25, -0.2) is 14.4 Å². The van der Waals surface area contributed by atoms with Crippen molar-refractivity contribution in [2.45, 2.75) is 64.2 Å². The first-order valence-electron chi connectivity index (χ1n) is 11.8. The summed E-state index contributed by atoms with van der Waals surface area (Å²) < 4.78 is 13.9. The van der Waals surface area contributed by atoms with Gasteiger partial charge in [-0.15, -0.1) is 0 Å². The summed E-state index contributed by atoms with van der Waals surface area (Å²) in [6.07, 6.45) is 14.4. The molecule has 0 amide bonds. The van der Waals surface area contributed by atoms with Crippen molar-refractivity contribution in [3.63, 3.8) is 0 Å². The van der Waals surface area contributed by atoms with Gasteiger partial charge in [0.15, 0.2) is 5.82 Å². The van der Waals surface area contributed by atoms with E-state index in [1.165, 1.54) is 69.1 Å². The van der Waals surface area contributed by atoms with Gasteiger partial charge in [0.25, 0.3) is 0 Å². The molecule has 2 aromatic carbocycles.